The maximum Gasteiger partial charge on any atom is 0.424 e. The van der Waals surface area contributed by atoms with E-state index in [0.717, 1.165) is 27.8 Å². The first-order valence-electron chi connectivity index (χ1n) is 9.93. The molecule has 2 rings (SSSR count). The predicted octanol–water partition coefficient (Wildman–Crippen LogP) is 3.92. The van der Waals surface area contributed by atoms with E-state index in [1.807, 2.05) is 30.1 Å². The average molecular weight is 435 g/mol. The molecule has 0 aliphatic carbocycles. The largest absolute Gasteiger partial charge is 0.461 e. The van der Waals surface area contributed by atoms with Crippen LogP contribution < -0.4 is 0 Å². The van der Waals surface area contributed by atoms with Gasteiger partial charge < -0.3 is 14.6 Å². The highest BCUT2D eigenvalue weighted by molar-refractivity contribution is 8.16. The molecule has 1 aromatic carbocycles. The molecule has 1 N–H and O–H groups in total. The van der Waals surface area contributed by atoms with E-state index in [9.17, 15) is 14.7 Å². The van der Waals surface area contributed by atoms with Crippen LogP contribution in [-0.2, 0) is 15.9 Å². The topological polar surface area (TPSA) is 79.3 Å². The van der Waals surface area contributed by atoms with Crippen LogP contribution in [0.4, 0.5) is 9.59 Å². The van der Waals surface area contributed by atoms with Gasteiger partial charge in [-0.3, -0.25) is 0 Å². The van der Waals surface area contributed by atoms with Gasteiger partial charge in [-0.1, -0.05) is 48.6 Å². The number of hydrogen-bond donors (Lipinski definition) is 1. The number of methoxy groups -OCH3 is 1. The highest BCUT2D eigenvalue weighted by Gasteiger charge is 2.28. The van der Waals surface area contributed by atoms with Crippen LogP contribution in [0.25, 0.3) is 0 Å². The van der Waals surface area contributed by atoms with E-state index in [-0.39, 0.29) is 0 Å². The molecule has 30 heavy (non-hydrogen) atoms. The summed E-state index contributed by atoms with van der Waals surface area (Å²) in [6.07, 6.45) is 3.97. The summed E-state index contributed by atoms with van der Waals surface area (Å²) in [5.74, 6) is 0. The molecule has 1 saturated heterocycles. The van der Waals surface area contributed by atoms with Gasteiger partial charge in [-0.2, -0.15) is 0 Å². The Morgan fingerprint density at radius 1 is 1.43 bits per heavy atom. The normalized spacial score (nSPS) is 16.2. The third-order valence-electron chi connectivity index (χ3n) is 4.66. The summed E-state index contributed by atoms with van der Waals surface area (Å²) in [5, 5.41) is 13.5. The molecule has 0 saturated carbocycles. The van der Waals surface area contributed by atoms with Crippen LogP contribution in [0, 0.1) is 6.92 Å². The van der Waals surface area contributed by atoms with E-state index in [0.29, 0.717) is 45.5 Å². The number of amides is 1. The van der Waals surface area contributed by atoms with Crippen molar-refractivity contribution in [2.24, 2.45) is 0 Å². The van der Waals surface area contributed by atoms with Crippen molar-refractivity contribution >= 4 is 23.2 Å². The van der Waals surface area contributed by atoms with Gasteiger partial charge in [0.1, 0.15) is 6.61 Å². The Morgan fingerprint density at radius 2 is 2.23 bits per heavy atom. The lowest BCUT2D eigenvalue weighted by molar-refractivity contribution is -0.0721. The van der Waals surface area contributed by atoms with E-state index < -0.39 is 17.5 Å². The summed E-state index contributed by atoms with van der Waals surface area (Å²) >= 11 is 0.972. The number of aliphatic hydroxyl groups excluding tert-OH is 1. The van der Waals surface area contributed by atoms with Gasteiger partial charge >= 0.3 is 11.4 Å². The minimum absolute atomic E-state index is 0.315. The molecule has 1 amide bonds. The van der Waals surface area contributed by atoms with Crippen LogP contribution >= 0.6 is 11.8 Å². The average Bonchev–Trinajstić information content (AvgIpc) is 2.71. The molecule has 1 fully saturated rings. The second kappa shape index (κ2) is 12.4. The van der Waals surface area contributed by atoms with Crippen molar-refractivity contribution in [3.63, 3.8) is 0 Å². The zero-order valence-corrected chi connectivity index (χ0v) is 18.4. The highest BCUT2D eigenvalue weighted by Crippen LogP contribution is 2.23. The summed E-state index contributed by atoms with van der Waals surface area (Å²) < 4.78 is 9.86. The Bertz CT molecular complexity index is 768. The van der Waals surface area contributed by atoms with Crippen LogP contribution in [0.1, 0.15) is 24.0 Å². The molecule has 0 bridgehead atoms. The fourth-order valence-corrected chi connectivity index (χ4v) is 3.85. The maximum atomic E-state index is 12.3. The molecule has 7 nitrogen and oxygen atoms in total. The van der Waals surface area contributed by atoms with Crippen LogP contribution in [0.3, 0.4) is 0 Å². The summed E-state index contributed by atoms with van der Waals surface area (Å²) in [4.78, 5) is 24.6. The van der Waals surface area contributed by atoms with Gasteiger partial charge in [-0.15, -0.1) is 0 Å². The van der Waals surface area contributed by atoms with E-state index in [4.69, 9.17) is 4.74 Å². The number of aryl methyl sites for hydroxylation is 1. The summed E-state index contributed by atoms with van der Waals surface area (Å²) in [6.45, 7) is 7.46. The predicted molar refractivity (Wildman–Crippen MR) is 118 cm³/mol. The molecule has 0 radical (unpaired) electrons. The number of carbonyl (C=O) groups is 2. The molecular formula is C22H30N2O5S. The summed E-state index contributed by atoms with van der Waals surface area (Å²) in [6, 6.07) is 8.09. The van der Waals surface area contributed by atoms with Gasteiger partial charge in [0.2, 0.25) is 0 Å². The van der Waals surface area contributed by atoms with Gasteiger partial charge in [-0.25, -0.2) is 19.6 Å². The molecule has 8 heteroatoms. The number of aliphatic hydroxyl groups is 1. The number of cyclic esters (lactones) is 1. The standard InChI is InChI=1S/C22H30N2O5S/c1-4-6-20(30-22(27)28-3)10-12-24-21(26)29-14-13-23(24)11-9-19(25)16-18-8-5-7-17(2)15-18/h4-8,15,19,25H,1,9-14,16H2,2-3H3/b20-6-. The van der Waals surface area contributed by atoms with Gasteiger partial charge in [0.05, 0.1) is 19.8 Å². The third-order valence-corrected chi connectivity index (χ3v) is 5.59. The summed E-state index contributed by atoms with van der Waals surface area (Å²) in [7, 11) is 1.33. The Hall–Kier alpha value is -2.29. The minimum Gasteiger partial charge on any atom is -0.461 e. The van der Waals surface area contributed by atoms with E-state index in [1.54, 1.807) is 12.2 Å². The lowest BCUT2D eigenvalue weighted by Crippen LogP contribution is -2.53. The smallest absolute Gasteiger partial charge is 0.424 e. The number of allylic oxidation sites excluding steroid dienone is 2. The van der Waals surface area contributed by atoms with E-state index >= 15 is 0 Å². The number of thioether (sulfide) groups is 1. The second-order valence-corrected chi connectivity index (χ2v) is 8.06. The number of nitrogens with zero attached hydrogens (tertiary/aromatic N) is 2. The molecule has 1 unspecified atom stereocenters. The van der Waals surface area contributed by atoms with Crippen LogP contribution in [0.5, 0.6) is 0 Å². The van der Waals surface area contributed by atoms with Gasteiger partial charge in [-0.05, 0) is 48.4 Å². The lowest BCUT2D eigenvalue weighted by Gasteiger charge is -2.38. The van der Waals surface area contributed by atoms with Gasteiger partial charge in [0, 0.05) is 13.1 Å². The second-order valence-electron chi connectivity index (χ2n) is 7.00. The molecule has 1 aromatic rings. The van der Waals surface area contributed by atoms with Crippen molar-refractivity contribution in [3.05, 3.63) is 59.0 Å². The first kappa shape index (κ1) is 24.0. The van der Waals surface area contributed by atoms with Crippen molar-refractivity contribution in [3.8, 4) is 0 Å². The first-order valence-corrected chi connectivity index (χ1v) is 10.7. The first-order chi connectivity index (χ1) is 14.4. The molecular weight excluding hydrogens is 404 g/mol. The Balaban J connectivity index is 1.91. The van der Waals surface area contributed by atoms with Crippen molar-refractivity contribution < 1.29 is 24.2 Å². The van der Waals surface area contributed by atoms with Crippen LogP contribution in [-0.4, -0.2) is 66.0 Å². The van der Waals surface area contributed by atoms with Crippen molar-refractivity contribution in [2.75, 3.05) is 33.4 Å². The zero-order chi connectivity index (χ0) is 21.9. The number of ether oxygens (including phenoxy) is 2. The summed E-state index contributed by atoms with van der Waals surface area (Å²) in [5.41, 5.74) is 2.26. The fourth-order valence-electron chi connectivity index (χ4n) is 3.19. The van der Waals surface area contributed by atoms with E-state index in [1.165, 1.54) is 12.1 Å². The number of hydrogen-bond acceptors (Lipinski definition) is 7. The van der Waals surface area contributed by atoms with Crippen molar-refractivity contribution in [2.45, 2.75) is 32.3 Å². The van der Waals surface area contributed by atoms with Crippen molar-refractivity contribution in [1.29, 1.82) is 0 Å². The Morgan fingerprint density at radius 3 is 2.93 bits per heavy atom. The highest BCUT2D eigenvalue weighted by atomic mass is 32.2. The molecule has 0 spiro atoms. The molecule has 1 aliphatic rings. The van der Waals surface area contributed by atoms with Crippen molar-refractivity contribution in [1.82, 2.24) is 10.0 Å². The molecule has 164 valence electrons. The molecule has 0 aromatic heterocycles. The van der Waals surface area contributed by atoms with Gasteiger partial charge in [0.25, 0.3) is 0 Å². The number of benzene rings is 1. The van der Waals surface area contributed by atoms with Crippen LogP contribution in [0.2, 0.25) is 0 Å². The number of hydrazine groups is 1. The monoisotopic (exact) mass is 434 g/mol. The Labute approximate surface area is 182 Å². The lowest BCUT2D eigenvalue weighted by atomic mass is 10.0. The molecule has 1 heterocycles. The maximum absolute atomic E-state index is 12.3. The zero-order valence-electron chi connectivity index (χ0n) is 17.6. The van der Waals surface area contributed by atoms with Crippen LogP contribution in [0.15, 0.2) is 47.9 Å². The SMILES string of the molecule is C=C/C=C(/CCN1C(=O)OCCN1CCC(O)Cc1cccc(C)c1)SC(=O)OC. The molecule has 1 aliphatic heterocycles. The third kappa shape index (κ3) is 7.85. The Kier molecular flexibility index (Phi) is 9.93. The quantitative estimate of drug-likeness (QED) is 0.442. The molecule has 1 atom stereocenters. The fraction of sp³-hybridized carbons (Fsp3) is 0.455. The minimum atomic E-state index is -0.502. The number of carbonyl (C=O) groups excluding carboxylic acids is 2. The number of rotatable bonds is 10. The van der Waals surface area contributed by atoms with Gasteiger partial charge in [0.15, 0.2) is 0 Å². The van der Waals surface area contributed by atoms with E-state index in [2.05, 4.69) is 17.4 Å².